The van der Waals surface area contributed by atoms with E-state index in [1.54, 1.807) is 12.1 Å². The molecule has 1 aromatic carbocycles. The van der Waals surface area contributed by atoms with Gasteiger partial charge in [-0.2, -0.15) is 0 Å². The van der Waals surface area contributed by atoms with E-state index in [0.29, 0.717) is 5.69 Å². The molecule has 1 rings (SSSR count). The van der Waals surface area contributed by atoms with Gasteiger partial charge in [0.1, 0.15) is 0 Å². The maximum atomic E-state index is 11.1. The van der Waals surface area contributed by atoms with Crippen LogP contribution in [0.2, 0.25) is 0 Å². The molecule has 0 aliphatic carbocycles. The van der Waals surface area contributed by atoms with E-state index in [9.17, 15) is 13.2 Å². The number of halogens is 1. The molecule has 1 aromatic rings. The molecule has 0 aliphatic rings. The molecule has 0 spiro atoms. The summed E-state index contributed by atoms with van der Waals surface area (Å²) in [5, 5.41) is 2.55. The average molecular weight is 325 g/mol. The van der Waals surface area contributed by atoms with Gasteiger partial charge in [0.2, 0.25) is 12.9 Å². The number of carbonyl (C=O) groups is 1. The van der Waals surface area contributed by atoms with Crippen molar-refractivity contribution in [3.63, 3.8) is 0 Å². The first-order valence-corrected chi connectivity index (χ1v) is 7.74. The zero-order chi connectivity index (χ0) is 10.8. The Kier molecular flexibility index (Phi) is 3.48. The second kappa shape index (κ2) is 4.26. The lowest BCUT2D eigenvalue weighted by Crippen LogP contribution is -2.05. The Hall–Kier alpha value is -0.630. The summed E-state index contributed by atoms with van der Waals surface area (Å²) in [5.74, 6) is -0.185. The molecule has 0 bridgehead atoms. The summed E-state index contributed by atoms with van der Waals surface area (Å²) in [4.78, 5) is 10.9. The minimum atomic E-state index is -3.19. The zero-order valence-corrected chi connectivity index (χ0v) is 10.3. The van der Waals surface area contributed by atoms with Gasteiger partial charge in [-0.25, -0.2) is 8.42 Å². The van der Waals surface area contributed by atoms with E-state index < -0.39 is 7.01 Å². The van der Waals surface area contributed by atoms with Crippen LogP contribution in [0.3, 0.4) is 0 Å². The molecular weight excluding hydrogens is 317 g/mol. The number of hydrogen-bond acceptors (Lipinski definition) is 3. The Morgan fingerprint density at radius 2 is 1.79 bits per heavy atom. The second-order valence-corrected chi connectivity index (χ2v) is 7.47. The molecule has 0 radical (unpaired) electrons. The van der Waals surface area contributed by atoms with Gasteiger partial charge in [-0.15, -0.1) is 0 Å². The van der Waals surface area contributed by atoms with Crippen LogP contribution in [0.15, 0.2) is 29.2 Å². The predicted molar refractivity (Wildman–Crippen MR) is 62.0 cm³/mol. The molecule has 0 fully saturated rings. The summed E-state index contributed by atoms with van der Waals surface area (Å²) < 4.78 is 22.1. The lowest BCUT2D eigenvalue weighted by Gasteiger charge is -2.01. The number of hydrogen-bond donors (Lipinski definition) is 1. The first-order chi connectivity index (χ1) is 6.39. The third kappa shape index (κ3) is 3.26. The van der Waals surface area contributed by atoms with Gasteiger partial charge < -0.3 is 5.32 Å². The van der Waals surface area contributed by atoms with Crippen LogP contribution in [0.5, 0.6) is 0 Å². The average Bonchev–Trinajstić information content (AvgIpc) is 2.02. The first kappa shape index (κ1) is 11.4. The highest BCUT2D eigenvalue weighted by Gasteiger charge is 2.08. The molecule has 0 saturated heterocycles. The third-order valence-corrected chi connectivity index (χ3v) is 3.82. The molecule has 14 heavy (non-hydrogen) atoms. The van der Waals surface area contributed by atoms with Crippen molar-refractivity contribution in [1.82, 2.24) is 0 Å². The van der Waals surface area contributed by atoms with Crippen LogP contribution in [0.4, 0.5) is 5.69 Å². The predicted octanol–water partition coefficient (Wildman–Crippen LogP) is 1.77. The van der Waals surface area contributed by atoms with Crippen molar-refractivity contribution in [3.8, 4) is 0 Å². The van der Waals surface area contributed by atoms with Crippen LogP contribution in [-0.4, -0.2) is 14.3 Å². The van der Waals surface area contributed by atoms with Gasteiger partial charge in [-0.1, -0.05) is 0 Å². The quantitative estimate of drug-likeness (QED) is 0.666. The summed E-state index contributed by atoms with van der Waals surface area (Å²) in [7, 11) is -3.19. The van der Waals surface area contributed by atoms with Crippen molar-refractivity contribution < 1.29 is 13.2 Å². The molecule has 0 saturated carbocycles. The lowest BCUT2D eigenvalue weighted by molar-refractivity contribution is -0.114. The minimum Gasteiger partial charge on any atom is -0.326 e. The number of amides is 1. The number of rotatable bonds is 2. The molecule has 0 atom stereocenters. The fourth-order valence-electron chi connectivity index (χ4n) is 0.904. The first-order valence-electron chi connectivity index (χ1n) is 3.72. The van der Waals surface area contributed by atoms with Crippen molar-refractivity contribution in [3.05, 3.63) is 24.3 Å². The maximum Gasteiger partial charge on any atom is 0.231 e. The van der Waals surface area contributed by atoms with Gasteiger partial charge in [-0.05, 0) is 24.3 Å². The molecule has 0 heterocycles. The van der Waals surface area contributed by atoms with Crippen LogP contribution in [-0.2, 0) is 11.8 Å². The van der Waals surface area contributed by atoms with Gasteiger partial charge in [0.15, 0.2) is 0 Å². The van der Waals surface area contributed by atoms with Crippen molar-refractivity contribution >= 4 is 39.8 Å². The van der Waals surface area contributed by atoms with Crippen molar-refractivity contribution in [2.45, 2.75) is 11.8 Å². The molecule has 76 valence electrons. The standard InChI is InChI=1S/C8H8INO3S/c1-6(11)10-7-2-4-8(5-3-7)14(9,12)13/h2-5H,1H3,(H,10,11). The third-order valence-electron chi connectivity index (χ3n) is 1.46. The van der Waals surface area contributed by atoms with E-state index in [1.807, 2.05) is 0 Å². The van der Waals surface area contributed by atoms with E-state index in [-0.39, 0.29) is 10.8 Å². The van der Waals surface area contributed by atoms with E-state index in [1.165, 1.54) is 40.3 Å². The Balaban J connectivity index is 2.95. The van der Waals surface area contributed by atoms with E-state index >= 15 is 0 Å². The topological polar surface area (TPSA) is 63.2 Å². The van der Waals surface area contributed by atoms with Crippen LogP contribution in [0, 0.1) is 0 Å². The molecular formula is C8H8INO3S. The molecule has 0 aliphatic heterocycles. The van der Waals surface area contributed by atoms with Crippen LogP contribution >= 0.6 is 21.2 Å². The number of benzene rings is 1. The minimum absolute atomic E-state index is 0.185. The fourth-order valence-corrected chi connectivity index (χ4v) is 2.25. The monoisotopic (exact) mass is 325 g/mol. The van der Waals surface area contributed by atoms with Gasteiger partial charge in [-0.3, -0.25) is 4.79 Å². The van der Waals surface area contributed by atoms with Gasteiger partial charge >= 0.3 is 0 Å². The van der Waals surface area contributed by atoms with Crippen molar-refractivity contribution in [2.75, 3.05) is 5.32 Å². The summed E-state index contributed by atoms with van der Waals surface area (Å²) >= 11 is 1.36. The largest absolute Gasteiger partial charge is 0.326 e. The zero-order valence-electron chi connectivity index (χ0n) is 7.32. The molecule has 1 amide bonds. The summed E-state index contributed by atoms with van der Waals surface area (Å²) in [5.41, 5.74) is 0.585. The van der Waals surface area contributed by atoms with Crippen molar-refractivity contribution in [2.24, 2.45) is 0 Å². The van der Waals surface area contributed by atoms with Gasteiger partial charge in [0.05, 0.1) is 26.1 Å². The highest BCUT2D eigenvalue weighted by atomic mass is 127. The number of anilines is 1. The van der Waals surface area contributed by atoms with Gasteiger partial charge in [0, 0.05) is 12.6 Å². The Bertz CT molecular complexity index is 438. The van der Waals surface area contributed by atoms with Crippen LogP contribution < -0.4 is 5.32 Å². The number of carbonyl (C=O) groups excluding carboxylic acids is 1. The lowest BCUT2D eigenvalue weighted by atomic mass is 10.3. The highest BCUT2D eigenvalue weighted by molar-refractivity contribution is 14.2. The summed E-state index contributed by atoms with van der Waals surface area (Å²) in [6, 6.07) is 6.00. The van der Waals surface area contributed by atoms with Crippen LogP contribution in [0.1, 0.15) is 6.92 Å². The fraction of sp³-hybridized carbons (Fsp3) is 0.125. The number of nitrogens with one attached hydrogen (secondary N) is 1. The summed E-state index contributed by atoms with van der Waals surface area (Å²) in [6.45, 7) is 1.39. The normalized spacial score (nSPS) is 11.0. The maximum absolute atomic E-state index is 11.1. The van der Waals surface area contributed by atoms with Gasteiger partial charge in [0.25, 0.3) is 0 Å². The molecule has 0 aromatic heterocycles. The summed E-state index contributed by atoms with van der Waals surface area (Å²) in [6.07, 6.45) is 0. The Labute approximate surface area is 94.2 Å². The van der Waals surface area contributed by atoms with E-state index in [0.717, 1.165) is 0 Å². The Morgan fingerprint density at radius 1 is 1.29 bits per heavy atom. The molecule has 1 N–H and O–H groups in total. The molecule has 6 heteroatoms. The Morgan fingerprint density at radius 3 is 2.14 bits per heavy atom. The smallest absolute Gasteiger partial charge is 0.231 e. The molecule has 4 nitrogen and oxygen atoms in total. The van der Waals surface area contributed by atoms with Crippen molar-refractivity contribution in [1.29, 1.82) is 0 Å². The molecule has 0 unspecified atom stereocenters. The van der Waals surface area contributed by atoms with Crippen LogP contribution in [0.25, 0.3) is 0 Å². The van der Waals surface area contributed by atoms with E-state index in [4.69, 9.17) is 0 Å². The highest BCUT2D eigenvalue weighted by Crippen LogP contribution is 2.19. The SMILES string of the molecule is CC(=O)Nc1ccc(S(=O)(=O)I)cc1. The second-order valence-electron chi connectivity index (χ2n) is 2.64. The van der Waals surface area contributed by atoms with E-state index in [2.05, 4.69) is 5.32 Å².